The van der Waals surface area contributed by atoms with Gasteiger partial charge in [0, 0.05) is 32.2 Å². The van der Waals surface area contributed by atoms with E-state index in [4.69, 9.17) is 0 Å². The molecule has 1 aromatic rings. The highest BCUT2D eigenvalue weighted by atomic mass is 32.3. The van der Waals surface area contributed by atoms with Crippen molar-refractivity contribution in [2.75, 3.05) is 25.4 Å². The Balaban J connectivity index is 1.38. The zero-order valence-electron chi connectivity index (χ0n) is 18.2. The van der Waals surface area contributed by atoms with E-state index in [1.807, 2.05) is 0 Å². The van der Waals surface area contributed by atoms with E-state index in [1.165, 1.54) is 5.56 Å². The standard InChI is InChI=1S/C23H37N3O3S/c1-17(2)13-22(26-11-6-12-30(26,28)29)23(27)24-21-10-9-19-15-25(16-20(19)21)14-18-7-4-3-5-8-18/h3-5,7-8,17,19-22,28-29H,6,9-16H2,1-2H3,(H,24,27)/t19-,20+,21+,22-/m0/s1. The first-order chi connectivity index (χ1) is 14.3. The molecule has 4 atom stereocenters. The summed E-state index contributed by atoms with van der Waals surface area (Å²) in [7, 11) is -2.81. The Kier molecular flexibility index (Phi) is 6.75. The van der Waals surface area contributed by atoms with E-state index in [9.17, 15) is 13.9 Å². The van der Waals surface area contributed by atoms with E-state index < -0.39 is 16.8 Å². The van der Waals surface area contributed by atoms with E-state index in [0.717, 1.165) is 38.9 Å². The largest absolute Gasteiger partial charge is 0.352 e. The summed E-state index contributed by atoms with van der Waals surface area (Å²) in [4.78, 5) is 15.8. The van der Waals surface area contributed by atoms with Crippen LogP contribution in [-0.2, 0) is 11.3 Å². The molecule has 7 heteroatoms. The van der Waals surface area contributed by atoms with Crippen molar-refractivity contribution in [3.05, 3.63) is 35.9 Å². The maximum atomic E-state index is 13.3. The lowest BCUT2D eigenvalue weighted by Crippen LogP contribution is -2.51. The summed E-state index contributed by atoms with van der Waals surface area (Å²) in [5, 5.41) is 3.34. The van der Waals surface area contributed by atoms with Gasteiger partial charge in [-0.25, -0.2) is 0 Å². The van der Waals surface area contributed by atoms with Crippen molar-refractivity contribution in [3.63, 3.8) is 0 Å². The Labute approximate surface area is 182 Å². The topological polar surface area (TPSA) is 76.0 Å². The summed E-state index contributed by atoms with van der Waals surface area (Å²) in [5.41, 5.74) is 1.34. The Hall–Kier alpha value is -1.12. The van der Waals surface area contributed by atoms with E-state index in [1.54, 1.807) is 4.31 Å². The zero-order valence-corrected chi connectivity index (χ0v) is 19.1. The molecule has 1 aromatic carbocycles. The van der Waals surface area contributed by atoms with Crippen molar-refractivity contribution < 1.29 is 13.9 Å². The molecule has 2 heterocycles. The second kappa shape index (κ2) is 9.17. The number of rotatable bonds is 7. The lowest BCUT2D eigenvalue weighted by molar-refractivity contribution is -0.126. The molecule has 1 saturated carbocycles. The third-order valence-corrected chi connectivity index (χ3v) is 9.05. The van der Waals surface area contributed by atoms with E-state index >= 15 is 0 Å². The van der Waals surface area contributed by atoms with Crippen LogP contribution in [0.5, 0.6) is 0 Å². The normalized spacial score (nSPS) is 31.0. The quantitative estimate of drug-likeness (QED) is 0.607. The molecule has 3 N–H and O–H groups in total. The molecule has 0 unspecified atom stereocenters. The van der Waals surface area contributed by atoms with Gasteiger partial charge >= 0.3 is 0 Å². The predicted molar refractivity (Wildman–Crippen MR) is 122 cm³/mol. The van der Waals surface area contributed by atoms with Crippen LogP contribution >= 0.6 is 10.8 Å². The van der Waals surface area contributed by atoms with Gasteiger partial charge in [-0.1, -0.05) is 44.2 Å². The van der Waals surface area contributed by atoms with Crippen LogP contribution in [0.3, 0.4) is 0 Å². The molecule has 1 amide bonds. The van der Waals surface area contributed by atoms with Crippen LogP contribution < -0.4 is 5.32 Å². The maximum Gasteiger partial charge on any atom is 0.239 e. The fraction of sp³-hybridized carbons (Fsp3) is 0.696. The van der Waals surface area contributed by atoms with Crippen molar-refractivity contribution in [2.24, 2.45) is 17.8 Å². The fourth-order valence-corrected chi connectivity index (χ4v) is 7.39. The lowest BCUT2D eigenvalue weighted by atomic mass is 9.97. The van der Waals surface area contributed by atoms with Gasteiger partial charge in [0.15, 0.2) is 0 Å². The molecule has 6 nitrogen and oxygen atoms in total. The van der Waals surface area contributed by atoms with Crippen molar-refractivity contribution in [1.82, 2.24) is 14.5 Å². The van der Waals surface area contributed by atoms with Gasteiger partial charge < -0.3 is 5.32 Å². The van der Waals surface area contributed by atoms with Crippen molar-refractivity contribution in [1.29, 1.82) is 0 Å². The Morgan fingerprint density at radius 1 is 1.20 bits per heavy atom. The number of amides is 1. The molecule has 168 valence electrons. The highest BCUT2D eigenvalue weighted by molar-refractivity contribution is 8.22. The summed E-state index contributed by atoms with van der Waals surface area (Å²) < 4.78 is 22.6. The first-order valence-corrected chi connectivity index (χ1v) is 13.1. The fourth-order valence-electron chi connectivity index (χ4n) is 5.63. The first kappa shape index (κ1) is 22.1. The molecule has 4 rings (SSSR count). The van der Waals surface area contributed by atoms with E-state index in [0.29, 0.717) is 36.5 Å². The lowest BCUT2D eigenvalue weighted by Gasteiger charge is -2.42. The molecule has 30 heavy (non-hydrogen) atoms. The van der Waals surface area contributed by atoms with Crippen LogP contribution in [0.25, 0.3) is 0 Å². The molecule has 0 aromatic heterocycles. The van der Waals surface area contributed by atoms with E-state index in [2.05, 4.69) is 54.4 Å². The van der Waals surface area contributed by atoms with Gasteiger partial charge in [-0.3, -0.25) is 18.8 Å². The minimum absolute atomic E-state index is 0.0160. The van der Waals surface area contributed by atoms with Gasteiger partial charge in [0.1, 0.15) is 6.04 Å². The monoisotopic (exact) mass is 435 g/mol. The molecule has 0 bridgehead atoms. The van der Waals surface area contributed by atoms with Gasteiger partial charge in [0.2, 0.25) is 5.91 Å². The summed E-state index contributed by atoms with van der Waals surface area (Å²) in [6, 6.07) is 10.3. The Bertz CT molecular complexity index is 730. The molecule has 1 aliphatic carbocycles. The minimum atomic E-state index is -2.81. The van der Waals surface area contributed by atoms with Gasteiger partial charge in [-0.15, -0.1) is 10.8 Å². The summed E-state index contributed by atoms with van der Waals surface area (Å²) >= 11 is 0. The number of carbonyl (C=O) groups excluding carboxylic acids is 1. The number of benzene rings is 1. The average molecular weight is 436 g/mol. The zero-order chi connectivity index (χ0) is 21.3. The number of hydrogen-bond acceptors (Lipinski definition) is 5. The number of fused-ring (bicyclic) bond motifs is 1. The van der Waals surface area contributed by atoms with Gasteiger partial charge in [-0.2, -0.15) is 4.31 Å². The second-order valence-electron chi connectivity index (χ2n) is 9.77. The molecule has 0 spiro atoms. The molecule has 3 aliphatic rings. The molecule has 3 fully saturated rings. The SMILES string of the molecule is CC(C)C[C@@H](C(=O)N[C@@H]1CC[C@H]2CN(Cc3ccccc3)C[C@H]21)N1CCCS1(O)O. The van der Waals surface area contributed by atoms with Crippen molar-refractivity contribution >= 4 is 16.7 Å². The van der Waals surface area contributed by atoms with Crippen LogP contribution in [0.15, 0.2) is 30.3 Å². The summed E-state index contributed by atoms with van der Waals surface area (Å²) in [6.45, 7) is 7.87. The molecular formula is C23H37N3O3S. The smallest absolute Gasteiger partial charge is 0.239 e. The van der Waals surface area contributed by atoms with Crippen LogP contribution in [-0.4, -0.2) is 61.7 Å². The number of nitrogens with zero attached hydrogens (tertiary/aromatic N) is 2. The van der Waals surface area contributed by atoms with E-state index in [-0.39, 0.29) is 11.9 Å². The highest BCUT2D eigenvalue weighted by Gasteiger charge is 2.45. The van der Waals surface area contributed by atoms with Crippen LogP contribution in [0.4, 0.5) is 0 Å². The van der Waals surface area contributed by atoms with Gasteiger partial charge in [-0.05, 0) is 49.0 Å². The first-order valence-electron chi connectivity index (χ1n) is 11.4. The number of carbonyl (C=O) groups is 1. The second-order valence-corrected chi connectivity index (χ2v) is 11.9. The molecule has 2 saturated heterocycles. The maximum absolute atomic E-state index is 13.3. The predicted octanol–water partition coefficient (Wildman–Crippen LogP) is 3.80. The summed E-state index contributed by atoms with van der Waals surface area (Å²) in [6.07, 6.45) is 3.59. The van der Waals surface area contributed by atoms with Crippen molar-refractivity contribution in [2.45, 2.75) is 58.2 Å². The van der Waals surface area contributed by atoms with Crippen molar-refractivity contribution in [3.8, 4) is 0 Å². The molecular weight excluding hydrogens is 398 g/mol. The Morgan fingerprint density at radius 2 is 1.97 bits per heavy atom. The number of likely N-dealkylation sites (tertiary alicyclic amines) is 1. The molecule has 2 aliphatic heterocycles. The number of hydrogen-bond donors (Lipinski definition) is 3. The van der Waals surface area contributed by atoms with Gasteiger partial charge in [0.25, 0.3) is 0 Å². The number of nitrogens with one attached hydrogen (secondary N) is 1. The van der Waals surface area contributed by atoms with Crippen LogP contribution in [0.1, 0.15) is 45.1 Å². The Morgan fingerprint density at radius 3 is 2.63 bits per heavy atom. The minimum Gasteiger partial charge on any atom is -0.352 e. The van der Waals surface area contributed by atoms with Crippen LogP contribution in [0, 0.1) is 17.8 Å². The third-order valence-electron chi connectivity index (χ3n) is 7.03. The summed E-state index contributed by atoms with van der Waals surface area (Å²) in [5.74, 6) is 1.83. The van der Waals surface area contributed by atoms with Crippen LogP contribution in [0.2, 0.25) is 0 Å². The average Bonchev–Trinajstić information content (AvgIpc) is 3.35. The third kappa shape index (κ3) is 4.86. The van der Waals surface area contributed by atoms with Gasteiger partial charge in [0.05, 0.1) is 5.75 Å². The highest BCUT2D eigenvalue weighted by Crippen LogP contribution is 2.50. The molecule has 0 radical (unpaired) electrons.